The second kappa shape index (κ2) is 20.3. The summed E-state index contributed by atoms with van der Waals surface area (Å²) >= 11 is 0. The zero-order valence-electron chi connectivity index (χ0n) is 28.6. The lowest BCUT2D eigenvalue weighted by Gasteiger charge is -2.31. The average molecular weight is 713 g/mol. The third-order valence-corrected chi connectivity index (χ3v) is 7.32. The molecule has 0 bridgehead atoms. The fraction of sp³-hybridized carbons (Fsp3) is 0.316. The standard InChI is InChI=1S/C38H40N4O10/c1-3-33(43)47-17-5-15-45-31-21-39-35(40-22-31)29-11-7-27(8-12-29)25-51-37-38(50-20-19-49-37)52-26-28-9-13-30(14-10-28)36-41-23-32(24-42-36)46-16-6-18-48-34(44)4-2/h3-4,7-14,21-24,37-38H,1-2,5-6,15-20,25-26H2/t37-,38-/m0/s1. The highest BCUT2D eigenvalue weighted by Gasteiger charge is 2.28. The zero-order chi connectivity index (χ0) is 36.4. The summed E-state index contributed by atoms with van der Waals surface area (Å²) in [4.78, 5) is 39.7. The van der Waals surface area contributed by atoms with E-state index < -0.39 is 24.5 Å². The van der Waals surface area contributed by atoms with E-state index in [2.05, 4.69) is 33.1 Å². The first-order chi connectivity index (χ1) is 25.5. The smallest absolute Gasteiger partial charge is 0.330 e. The van der Waals surface area contributed by atoms with Crippen LogP contribution in [0.25, 0.3) is 22.8 Å². The summed E-state index contributed by atoms with van der Waals surface area (Å²) in [6.07, 6.45) is 8.34. The van der Waals surface area contributed by atoms with Crippen molar-refractivity contribution in [1.82, 2.24) is 19.9 Å². The van der Waals surface area contributed by atoms with Gasteiger partial charge in [-0.15, -0.1) is 0 Å². The monoisotopic (exact) mass is 712 g/mol. The first-order valence-corrected chi connectivity index (χ1v) is 16.6. The molecular formula is C38H40N4O10. The SMILES string of the molecule is C=CC(=O)OCCCOc1cnc(-c2ccc(CO[C@@H]3OCCO[C@H]3OCc3ccc(-c4ncc(OCCCOC(=O)C=C)cn4)cc3)cc2)nc1. The van der Waals surface area contributed by atoms with Crippen LogP contribution >= 0.6 is 0 Å². The molecule has 0 saturated carbocycles. The minimum Gasteiger partial charge on any atom is -0.490 e. The number of rotatable bonds is 20. The molecule has 0 unspecified atom stereocenters. The van der Waals surface area contributed by atoms with Gasteiger partial charge in [-0.3, -0.25) is 0 Å². The van der Waals surface area contributed by atoms with Crippen molar-refractivity contribution in [3.8, 4) is 34.3 Å². The molecule has 0 spiro atoms. The molecule has 52 heavy (non-hydrogen) atoms. The van der Waals surface area contributed by atoms with E-state index in [4.69, 9.17) is 37.9 Å². The van der Waals surface area contributed by atoms with Crippen LogP contribution in [0.15, 0.2) is 98.6 Å². The summed E-state index contributed by atoms with van der Waals surface area (Å²) in [5.74, 6) is 1.24. The van der Waals surface area contributed by atoms with Crippen molar-refractivity contribution in [2.24, 2.45) is 0 Å². The van der Waals surface area contributed by atoms with Gasteiger partial charge >= 0.3 is 11.9 Å². The molecule has 4 aromatic rings. The van der Waals surface area contributed by atoms with Crippen LogP contribution in [-0.2, 0) is 51.2 Å². The average Bonchev–Trinajstić information content (AvgIpc) is 3.20. The maximum atomic E-state index is 11.1. The van der Waals surface area contributed by atoms with Gasteiger partial charge in [-0.25, -0.2) is 29.5 Å². The quantitative estimate of drug-likeness (QED) is 0.0682. The molecule has 0 N–H and O–H groups in total. The summed E-state index contributed by atoms with van der Waals surface area (Å²) in [5.41, 5.74) is 3.53. The minimum absolute atomic E-state index is 0.247. The van der Waals surface area contributed by atoms with Gasteiger partial charge in [0, 0.05) is 36.1 Å². The lowest BCUT2D eigenvalue weighted by molar-refractivity contribution is -0.326. The van der Waals surface area contributed by atoms with Crippen molar-refractivity contribution in [3.05, 3.63) is 110 Å². The molecule has 14 heteroatoms. The molecule has 2 atom stereocenters. The Kier molecular flexibility index (Phi) is 14.8. The molecule has 1 aliphatic heterocycles. The van der Waals surface area contributed by atoms with Gasteiger partial charge in [0.05, 0.1) is 77.6 Å². The Morgan fingerprint density at radius 2 is 1.00 bits per heavy atom. The van der Waals surface area contributed by atoms with Gasteiger partial charge in [0.25, 0.3) is 0 Å². The Labute approximate surface area is 301 Å². The second-order valence-corrected chi connectivity index (χ2v) is 11.1. The third-order valence-electron chi connectivity index (χ3n) is 7.32. The predicted octanol–water partition coefficient (Wildman–Crippen LogP) is 5.03. The van der Waals surface area contributed by atoms with Crippen LogP contribution < -0.4 is 9.47 Å². The van der Waals surface area contributed by atoms with Gasteiger partial charge in [-0.05, 0) is 11.1 Å². The van der Waals surface area contributed by atoms with E-state index in [1.807, 2.05) is 48.5 Å². The predicted molar refractivity (Wildman–Crippen MR) is 187 cm³/mol. The summed E-state index contributed by atoms with van der Waals surface area (Å²) in [7, 11) is 0. The number of ether oxygens (including phenoxy) is 8. The first-order valence-electron chi connectivity index (χ1n) is 16.6. The molecule has 2 aromatic carbocycles. The van der Waals surface area contributed by atoms with E-state index in [9.17, 15) is 9.59 Å². The molecule has 272 valence electrons. The highest BCUT2D eigenvalue weighted by Crippen LogP contribution is 2.22. The van der Waals surface area contributed by atoms with Gasteiger partial charge in [0.15, 0.2) is 23.1 Å². The Morgan fingerprint density at radius 3 is 1.37 bits per heavy atom. The molecule has 2 aromatic heterocycles. The zero-order valence-corrected chi connectivity index (χ0v) is 28.6. The van der Waals surface area contributed by atoms with Crippen molar-refractivity contribution in [2.75, 3.05) is 39.6 Å². The molecular weight excluding hydrogens is 672 g/mol. The van der Waals surface area contributed by atoms with E-state index >= 15 is 0 Å². The molecule has 0 radical (unpaired) electrons. The minimum atomic E-state index is -0.700. The largest absolute Gasteiger partial charge is 0.490 e. The topological polar surface area (TPSA) is 160 Å². The van der Waals surface area contributed by atoms with Gasteiger partial charge in [-0.1, -0.05) is 61.7 Å². The summed E-state index contributed by atoms with van der Waals surface area (Å²) in [5, 5.41) is 0. The van der Waals surface area contributed by atoms with Gasteiger partial charge in [0.2, 0.25) is 12.6 Å². The second-order valence-electron chi connectivity index (χ2n) is 11.1. The number of hydrogen-bond acceptors (Lipinski definition) is 14. The van der Waals surface area contributed by atoms with Crippen LogP contribution in [0, 0.1) is 0 Å². The van der Waals surface area contributed by atoms with Gasteiger partial charge in [0.1, 0.15) is 0 Å². The van der Waals surface area contributed by atoms with Gasteiger partial charge < -0.3 is 37.9 Å². The first kappa shape index (κ1) is 37.7. The van der Waals surface area contributed by atoms with E-state index in [-0.39, 0.29) is 26.4 Å². The van der Waals surface area contributed by atoms with Crippen LogP contribution in [0.4, 0.5) is 0 Å². The lowest BCUT2D eigenvalue weighted by atomic mass is 10.1. The van der Waals surface area contributed by atoms with Crippen molar-refractivity contribution in [1.29, 1.82) is 0 Å². The lowest BCUT2D eigenvalue weighted by Crippen LogP contribution is -2.41. The number of esters is 2. The number of carbonyl (C=O) groups excluding carboxylic acids is 2. The van der Waals surface area contributed by atoms with Crippen LogP contribution in [-0.4, -0.2) is 84.1 Å². The molecule has 5 rings (SSSR count). The molecule has 14 nitrogen and oxygen atoms in total. The van der Waals surface area contributed by atoms with Gasteiger partial charge in [-0.2, -0.15) is 0 Å². The fourth-order valence-corrected chi connectivity index (χ4v) is 4.64. The van der Waals surface area contributed by atoms with Crippen molar-refractivity contribution >= 4 is 11.9 Å². The number of nitrogens with zero attached hydrogens (tertiary/aromatic N) is 4. The molecule has 1 aliphatic rings. The molecule has 1 saturated heterocycles. The van der Waals surface area contributed by atoms with E-state index in [0.29, 0.717) is 62.4 Å². The number of hydrogen-bond donors (Lipinski definition) is 0. The number of aromatic nitrogens is 4. The van der Waals surface area contributed by atoms with Crippen molar-refractivity contribution in [2.45, 2.75) is 38.6 Å². The normalized spacial score (nSPS) is 15.3. The number of carbonyl (C=O) groups is 2. The van der Waals surface area contributed by atoms with E-state index in [1.54, 1.807) is 24.8 Å². The van der Waals surface area contributed by atoms with Crippen molar-refractivity contribution < 1.29 is 47.5 Å². The summed E-state index contributed by atoms with van der Waals surface area (Å²) < 4.78 is 44.8. The van der Waals surface area contributed by atoms with Crippen molar-refractivity contribution in [3.63, 3.8) is 0 Å². The fourth-order valence-electron chi connectivity index (χ4n) is 4.64. The highest BCUT2D eigenvalue weighted by molar-refractivity contribution is 5.81. The number of benzene rings is 2. The van der Waals surface area contributed by atoms with Crippen LogP contribution in [0.2, 0.25) is 0 Å². The maximum absolute atomic E-state index is 11.1. The molecule has 3 heterocycles. The Morgan fingerprint density at radius 1 is 0.615 bits per heavy atom. The Hall–Kier alpha value is -5.54. The maximum Gasteiger partial charge on any atom is 0.330 e. The van der Waals surface area contributed by atoms with Crippen LogP contribution in [0.3, 0.4) is 0 Å². The summed E-state index contributed by atoms with van der Waals surface area (Å²) in [6.45, 7) is 9.30. The third kappa shape index (κ3) is 12.1. The van der Waals surface area contributed by atoms with Crippen LogP contribution in [0.5, 0.6) is 11.5 Å². The molecule has 0 aliphatic carbocycles. The highest BCUT2D eigenvalue weighted by atomic mass is 16.8. The van der Waals surface area contributed by atoms with E-state index in [0.717, 1.165) is 34.4 Å². The Bertz CT molecular complexity index is 1590. The van der Waals surface area contributed by atoms with Crippen LogP contribution in [0.1, 0.15) is 24.0 Å². The molecule has 1 fully saturated rings. The van der Waals surface area contributed by atoms with E-state index in [1.165, 1.54) is 0 Å². The molecule has 0 amide bonds. The summed E-state index contributed by atoms with van der Waals surface area (Å²) in [6, 6.07) is 15.4. The Balaban J connectivity index is 1.03.